The second-order valence-electron chi connectivity index (χ2n) is 4.46. The molecule has 1 aliphatic rings. The lowest BCUT2D eigenvalue weighted by molar-refractivity contribution is 0.561. The van der Waals surface area contributed by atoms with Gasteiger partial charge in [-0.1, -0.05) is 30.3 Å². The normalized spacial score (nSPS) is 23.0. The smallest absolute Gasteiger partial charge is 0.216 e. The Morgan fingerprint density at radius 1 is 1.22 bits per heavy atom. The van der Waals surface area contributed by atoms with Crippen molar-refractivity contribution in [3.63, 3.8) is 0 Å². The van der Waals surface area contributed by atoms with Gasteiger partial charge in [-0.3, -0.25) is 0 Å². The van der Waals surface area contributed by atoms with Crippen LogP contribution in [0.15, 0.2) is 30.3 Å². The van der Waals surface area contributed by atoms with E-state index >= 15 is 0 Å². The fourth-order valence-corrected chi connectivity index (χ4v) is 5.18. The van der Waals surface area contributed by atoms with Gasteiger partial charge in [-0.15, -0.1) is 0 Å². The fourth-order valence-electron chi connectivity index (χ4n) is 1.98. The minimum Gasteiger partial charge on any atom is -0.229 e. The third kappa shape index (κ3) is 3.79. The molecule has 7 heteroatoms. The van der Waals surface area contributed by atoms with Gasteiger partial charge in [-0.05, 0) is 12.0 Å². The molecule has 1 saturated heterocycles. The van der Waals surface area contributed by atoms with E-state index in [9.17, 15) is 16.8 Å². The zero-order valence-corrected chi connectivity index (χ0v) is 11.4. The fraction of sp³-hybridized carbons (Fsp3) is 0.455. The minimum atomic E-state index is -3.48. The van der Waals surface area contributed by atoms with Crippen molar-refractivity contribution in [2.45, 2.75) is 18.2 Å². The molecule has 5 nitrogen and oxygen atoms in total. The van der Waals surface area contributed by atoms with Crippen LogP contribution >= 0.6 is 0 Å². The summed E-state index contributed by atoms with van der Waals surface area (Å²) in [6, 6.07) is 8.32. The summed E-state index contributed by atoms with van der Waals surface area (Å²) in [5.74, 6) is -0.156. The van der Waals surface area contributed by atoms with E-state index in [1.165, 1.54) is 0 Å². The average molecular weight is 289 g/mol. The number of benzene rings is 1. The van der Waals surface area contributed by atoms with Gasteiger partial charge in [0.05, 0.1) is 17.3 Å². The third-order valence-electron chi connectivity index (χ3n) is 2.78. The number of hydrogen-bond donors (Lipinski definition) is 1. The Hall–Kier alpha value is -0.920. The van der Waals surface area contributed by atoms with Crippen LogP contribution in [-0.4, -0.2) is 34.4 Å². The lowest BCUT2D eigenvalue weighted by Crippen LogP contribution is -2.36. The Labute approximate surface area is 107 Å². The Kier molecular flexibility index (Phi) is 3.74. The van der Waals surface area contributed by atoms with Gasteiger partial charge < -0.3 is 0 Å². The summed E-state index contributed by atoms with van der Waals surface area (Å²) in [6.07, 6.45) is 0.357. The second kappa shape index (κ2) is 4.99. The highest BCUT2D eigenvalue weighted by Gasteiger charge is 2.30. The minimum absolute atomic E-state index is 0.0610. The van der Waals surface area contributed by atoms with Gasteiger partial charge in [0.15, 0.2) is 9.84 Å². The van der Waals surface area contributed by atoms with Crippen LogP contribution < -0.4 is 4.72 Å². The van der Waals surface area contributed by atoms with E-state index < -0.39 is 25.9 Å². The van der Waals surface area contributed by atoms with E-state index in [0.717, 1.165) is 0 Å². The number of hydrogen-bond acceptors (Lipinski definition) is 4. The standard InChI is InChI=1S/C11H15NO4S2/c13-17(14)7-6-11(9-17)12-18(15,16)8-10-4-2-1-3-5-10/h1-5,11-12H,6-9H2/t11-/m0/s1. The van der Waals surface area contributed by atoms with Crippen LogP contribution in [0, 0.1) is 0 Å². The number of rotatable bonds is 4. The van der Waals surface area contributed by atoms with E-state index in [-0.39, 0.29) is 17.3 Å². The summed E-state index contributed by atoms with van der Waals surface area (Å²) in [5.41, 5.74) is 0.686. The lowest BCUT2D eigenvalue weighted by Gasteiger charge is -2.11. The molecule has 0 amide bonds. The predicted octanol–water partition coefficient (Wildman–Crippen LogP) is 0.293. The molecule has 1 aromatic rings. The van der Waals surface area contributed by atoms with Crippen LogP contribution in [0.2, 0.25) is 0 Å². The van der Waals surface area contributed by atoms with E-state index in [1.54, 1.807) is 24.3 Å². The van der Waals surface area contributed by atoms with E-state index in [4.69, 9.17) is 0 Å². The largest absolute Gasteiger partial charge is 0.229 e. The van der Waals surface area contributed by atoms with Crippen molar-refractivity contribution in [3.05, 3.63) is 35.9 Å². The van der Waals surface area contributed by atoms with Gasteiger partial charge in [0, 0.05) is 6.04 Å². The highest BCUT2D eigenvalue weighted by Crippen LogP contribution is 2.13. The number of nitrogens with one attached hydrogen (secondary N) is 1. The molecule has 2 rings (SSSR count). The molecule has 1 heterocycles. The monoisotopic (exact) mass is 289 g/mol. The molecule has 0 spiro atoms. The molecule has 0 aromatic heterocycles. The van der Waals surface area contributed by atoms with Crippen molar-refractivity contribution >= 4 is 19.9 Å². The molecule has 0 aliphatic carbocycles. The van der Waals surface area contributed by atoms with Gasteiger partial charge in [-0.25, -0.2) is 21.6 Å². The Balaban J connectivity index is 2.01. The van der Waals surface area contributed by atoms with Gasteiger partial charge >= 0.3 is 0 Å². The predicted molar refractivity (Wildman–Crippen MR) is 69.3 cm³/mol. The van der Waals surface area contributed by atoms with Gasteiger partial charge in [-0.2, -0.15) is 0 Å². The molecule has 1 aliphatic heterocycles. The highest BCUT2D eigenvalue weighted by molar-refractivity contribution is 7.92. The molecular formula is C11H15NO4S2. The van der Waals surface area contributed by atoms with E-state index in [2.05, 4.69) is 4.72 Å². The molecule has 100 valence electrons. The maximum atomic E-state index is 11.9. The van der Waals surface area contributed by atoms with Gasteiger partial charge in [0.1, 0.15) is 0 Å². The molecule has 1 atom stereocenters. The summed E-state index contributed by atoms with van der Waals surface area (Å²) in [4.78, 5) is 0. The first-order valence-electron chi connectivity index (χ1n) is 5.61. The second-order valence-corrected chi connectivity index (χ2v) is 8.45. The summed E-state index contributed by atoms with van der Waals surface area (Å²) in [5, 5.41) is 0. The summed E-state index contributed by atoms with van der Waals surface area (Å²) in [7, 11) is -6.55. The van der Waals surface area contributed by atoms with Crippen LogP contribution in [0.25, 0.3) is 0 Å². The molecule has 0 radical (unpaired) electrons. The molecule has 0 unspecified atom stereocenters. The van der Waals surface area contributed by atoms with Gasteiger partial charge in [0.2, 0.25) is 10.0 Å². The summed E-state index contributed by atoms with van der Waals surface area (Å²) < 4.78 is 48.7. The maximum Gasteiger partial charge on any atom is 0.216 e. The molecule has 1 aromatic carbocycles. The molecule has 18 heavy (non-hydrogen) atoms. The van der Waals surface area contributed by atoms with Gasteiger partial charge in [0.25, 0.3) is 0 Å². The summed E-state index contributed by atoms with van der Waals surface area (Å²) >= 11 is 0. The molecule has 1 N–H and O–H groups in total. The zero-order valence-electron chi connectivity index (χ0n) is 9.74. The first kappa shape index (κ1) is 13.5. The molecule has 0 bridgehead atoms. The van der Waals surface area contributed by atoms with Crippen molar-refractivity contribution in [3.8, 4) is 0 Å². The van der Waals surface area contributed by atoms with Crippen LogP contribution in [-0.2, 0) is 25.6 Å². The zero-order chi connectivity index (χ0) is 13.2. The molecule has 0 saturated carbocycles. The lowest BCUT2D eigenvalue weighted by atomic mass is 10.2. The maximum absolute atomic E-state index is 11.9. The molecular weight excluding hydrogens is 274 g/mol. The first-order valence-corrected chi connectivity index (χ1v) is 9.08. The van der Waals surface area contributed by atoms with Crippen LogP contribution in [0.5, 0.6) is 0 Å². The Morgan fingerprint density at radius 2 is 1.89 bits per heavy atom. The topological polar surface area (TPSA) is 80.3 Å². The van der Waals surface area contributed by atoms with Crippen molar-refractivity contribution in [2.75, 3.05) is 11.5 Å². The molecule has 1 fully saturated rings. The average Bonchev–Trinajstić information content (AvgIpc) is 2.57. The quantitative estimate of drug-likeness (QED) is 0.864. The van der Waals surface area contributed by atoms with E-state index in [1.807, 2.05) is 6.07 Å². The van der Waals surface area contributed by atoms with E-state index in [0.29, 0.717) is 12.0 Å². The number of sulfone groups is 1. The van der Waals surface area contributed by atoms with Crippen LogP contribution in [0.3, 0.4) is 0 Å². The van der Waals surface area contributed by atoms with Crippen LogP contribution in [0.4, 0.5) is 0 Å². The van der Waals surface area contributed by atoms with Crippen LogP contribution in [0.1, 0.15) is 12.0 Å². The van der Waals surface area contributed by atoms with Crippen molar-refractivity contribution in [1.29, 1.82) is 0 Å². The van der Waals surface area contributed by atoms with Crippen molar-refractivity contribution < 1.29 is 16.8 Å². The SMILES string of the molecule is O=S1(=O)CC[C@H](NS(=O)(=O)Cc2ccccc2)C1. The van der Waals surface area contributed by atoms with Crippen molar-refractivity contribution in [1.82, 2.24) is 4.72 Å². The Morgan fingerprint density at radius 3 is 2.44 bits per heavy atom. The third-order valence-corrected chi connectivity index (χ3v) is 5.95. The highest BCUT2D eigenvalue weighted by atomic mass is 32.2. The van der Waals surface area contributed by atoms with Crippen molar-refractivity contribution in [2.24, 2.45) is 0 Å². The first-order chi connectivity index (χ1) is 8.36. The number of sulfonamides is 1. The summed E-state index contributed by atoms with van der Waals surface area (Å²) in [6.45, 7) is 0. The Bertz CT molecular complexity index is 608.